The highest BCUT2D eigenvalue weighted by atomic mass is 35.5. The molecule has 0 saturated heterocycles. The summed E-state index contributed by atoms with van der Waals surface area (Å²) in [5.74, 6) is 0.370. The van der Waals surface area contributed by atoms with Crippen molar-refractivity contribution in [3.63, 3.8) is 0 Å². The summed E-state index contributed by atoms with van der Waals surface area (Å²) in [6.07, 6.45) is 5.71. The molecule has 1 heterocycles. The molecule has 2 aromatic carbocycles. The van der Waals surface area contributed by atoms with Gasteiger partial charge in [0.2, 0.25) is 0 Å². The van der Waals surface area contributed by atoms with Crippen LogP contribution in [0.3, 0.4) is 0 Å². The number of fused-ring (bicyclic) bond motifs is 2. The molecule has 1 aliphatic carbocycles. The van der Waals surface area contributed by atoms with E-state index in [4.69, 9.17) is 16.3 Å². The van der Waals surface area contributed by atoms with Crippen molar-refractivity contribution in [2.24, 2.45) is 5.92 Å². The molecule has 0 N–H and O–H groups in total. The normalized spacial score (nSPS) is 22.4. The third-order valence-corrected chi connectivity index (χ3v) is 4.30. The fourth-order valence-corrected chi connectivity index (χ4v) is 3.11. The molecule has 0 fully saturated rings. The van der Waals surface area contributed by atoms with Gasteiger partial charge in [0.15, 0.2) is 5.78 Å². The van der Waals surface area contributed by atoms with Gasteiger partial charge >= 0.3 is 0 Å². The largest absolute Gasteiger partial charge is 0.484 e. The Morgan fingerprint density at radius 3 is 2.68 bits per heavy atom. The van der Waals surface area contributed by atoms with Gasteiger partial charge in [-0.3, -0.25) is 4.79 Å². The Labute approximate surface area is 133 Å². The van der Waals surface area contributed by atoms with Crippen molar-refractivity contribution in [2.45, 2.75) is 6.10 Å². The smallest absolute Gasteiger partial charge is 0.177 e. The maximum Gasteiger partial charge on any atom is 0.177 e. The maximum absolute atomic E-state index is 12.7. The summed E-state index contributed by atoms with van der Waals surface area (Å²) in [7, 11) is 0. The van der Waals surface area contributed by atoms with Gasteiger partial charge in [0.05, 0.1) is 11.5 Å². The summed E-state index contributed by atoms with van der Waals surface area (Å²) in [6, 6.07) is 15.2. The monoisotopic (exact) mass is 308 g/mol. The van der Waals surface area contributed by atoms with Crippen molar-refractivity contribution in [1.29, 1.82) is 0 Å². The Hall–Kier alpha value is -2.32. The first kappa shape index (κ1) is 13.4. The van der Waals surface area contributed by atoms with Crippen molar-refractivity contribution in [1.82, 2.24) is 0 Å². The van der Waals surface area contributed by atoms with Crippen LogP contribution in [-0.4, -0.2) is 11.9 Å². The molecule has 0 aromatic heterocycles. The van der Waals surface area contributed by atoms with Gasteiger partial charge in [0.1, 0.15) is 11.9 Å². The van der Waals surface area contributed by atoms with E-state index in [9.17, 15) is 4.79 Å². The van der Waals surface area contributed by atoms with Gasteiger partial charge in [-0.15, -0.1) is 0 Å². The van der Waals surface area contributed by atoms with Crippen LogP contribution >= 0.6 is 11.6 Å². The van der Waals surface area contributed by atoms with E-state index in [2.05, 4.69) is 0 Å². The van der Waals surface area contributed by atoms with Crippen LogP contribution in [0.5, 0.6) is 5.75 Å². The Morgan fingerprint density at radius 2 is 1.86 bits per heavy atom. The third-order valence-electron chi connectivity index (χ3n) is 4.06. The van der Waals surface area contributed by atoms with Gasteiger partial charge in [0.25, 0.3) is 0 Å². The fraction of sp³-hybridized carbons (Fsp3) is 0.105. The molecule has 2 aromatic rings. The molecule has 3 heteroatoms. The highest BCUT2D eigenvalue weighted by Gasteiger charge is 2.36. The molecule has 0 bridgehead atoms. The summed E-state index contributed by atoms with van der Waals surface area (Å²) < 4.78 is 5.93. The topological polar surface area (TPSA) is 26.3 Å². The van der Waals surface area contributed by atoms with E-state index < -0.39 is 0 Å². The number of carbonyl (C=O) groups excluding carboxylic acids is 1. The average Bonchev–Trinajstić information content (AvgIpc) is 2.55. The van der Waals surface area contributed by atoms with Gasteiger partial charge in [-0.25, -0.2) is 0 Å². The van der Waals surface area contributed by atoms with Gasteiger partial charge in [-0.1, -0.05) is 54.1 Å². The van der Waals surface area contributed by atoms with Crippen LogP contribution in [0.25, 0.3) is 5.57 Å². The molecule has 0 spiro atoms. The zero-order chi connectivity index (χ0) is 15.1. The Bertz CT molecular complexity index is 805. The second kappa shape index (κ2) is 5.15. The summed E-state index contributed by atoms with van der Waals surface area (Å²) in [5.41, 5.74) is 2.76. The SMILES string of the molecule is O=C1c2ccc(Cl)cc2OC2C=CC(c3ccccc3)=CC12. The summed E-state index contributed by atoms with van der Waals surface area (Å²) in [5, 5.41) is 0.574. The lowest BCUT2D eigenvalue weighted by Gasteiger charge is -2.31. The molecule has 22 heavy (non-hydrogen) atoms. The number of hydrogen-bond donors (Lipinski definition) is 0. The molecule has 2 atom stereocenters. The van der Waals surface area contributed by atoms with Crippen LogP contribution in [-0.2, 0) is 0 Å². The van der Waals surface area contributed by atoms with Gasteiger partial charge < -0.3 is 4.74 Å². The highest BCUT2D eigenvalue weighted by molar-refractivity contribution is 6.31. The predicted octanol–water partition coefficient (Wildman–Crippen LogP) is 4.55. The average molecular weight is 309 g/mol. The molecular formula is C19H13ClO2. The lowest BCUT2D eigenvalue weighted by Crippen LogP contribution is -2.36. The number of allylic oxidation sites excluding steroid dienone is 2. The molecule has 108 valence electrons. The van der Waals surface area contributed by atoms with Crippen LogP contribution in [0.1, 0.15) is 15.9 Å². The minimum Gasteiger partial charge on any atom is -0.484 e. The van der Waals surface area contributed by atoms with Gasteiger partial charge in [-0.2, -0.15) is 0 Å². The molecule has 0 saturated carbocycles. The van der Waals surface area contributed by atoms with E-state index in [1.807, 2.05) is 48.6 Å². The van der Waals surface area contributed by atoms with E-state index >= 15 is 0 Å². The maximum atomic E-state index is 12.7. The van der Waals surface area contributed by atoms with Crippen molar-refractivity contribution in [3.8, 4) is 5.75 Å². The lowest BCUT2D eigenvalue weighted by atomic mass is 9.83. The van der Waals surface area contributed by atoms with Crippen molar-refractivity contribution in [3.05, 3.63) is 82.9 Å². The number of Topliss-reactive ketones (excluding diaryl/α,β-unsaturated/α-hetero) is 1. The number of halogens is 1. The van der Waals surface area contributed by atoms with E-state index in [0.29, 0.717) is 16.3 Å². The summed E-state index contributed by atoms with van der Waals surface area (Å²) in [6.45, 7) is 0. The standard InChI is InChI=1S/C19H13ClO2/c20-14-7-8-15-18(11-14)22-17-9-6-13(10-16(17)19(15)21)12-4-2-1-3-5-12/h1-11,16-17H. The molecule has 2 nitrogen and oxygen atoms in total. The summed E-state index contributed by atoms with van der Waals surface area (Å²) >= 11 is 5.98. The van der Waals surface area contributed by atoms with Crippen molar-refractivity contribution in [2.75, 3.05) is 0 Å². The second-order valence-electron chi connectivity index (χ2n) is 5.46. The van der Waals surface area contributed by atoms with Crippen LogP contribution < -0.4 is 4.74 Å². The molecule has 0 amide bonds. The quantitative estimate of drug-likeness (QED) is 0.772. The molecule has 2 unspecified atom stereocenters. The van der Waals surface area contributed by atoms with E-state index in [-0.39, 0.29) is 17.8 Å². The lowest BCUT2D eigenvalue weighted by molar-refractivity contribution is 0.0808. The first-order chi connectivity index (χ1) is 10.7. The first-order valence-electron chi connectivity index (χ1n) is 7.18. The number of ketones is 1. The van der Waals surface area contributed by atoms with Crippen molar-refractivity contribution < 1.29 is 9.53 Å². The first-order valence-corrected chi connectivity index (χ1v) is 7.56. The summed E-state index contributed by atoms with van der Waals surface area (Å²) in [4.78, 5) is 12.7. The molecular weight excluding hydrogens is 296 g/mol. The van der Waals surface area contributed by atoms with Gasteiger partial charge in [-0.05, 0) is 35.4 Å². The number of benzene rings is 2. The highest BCUT2D eigenvalue weighted by Crippen LogP contribution is 2.37. The van der Waals surface area contributed by atoms with E-state index in [1.54, 1.807) is 18.2 Å². The fourth-order valence-electron chi connectivity index (χ4n) is 2.95. The Kier molecular flexibility index (Phi) is 3.12. The number of ether oxygens (including phenoxy) is 1. The zero-order valence-electron chi connectivity index (χ0n) is 11.7. The second-order valence-corrected chi connectivity index (χ2v) is 5.90. The number of hydrogen-bond acceptors (Lipinski definition) is 2. The van der Waals surface area contributed by atoms with E-state index in [0.717, 1.165) is 11.1 Å². The van der Waals surface area contributed by atoms with Crippen LogP contribution in [0.15, 0.2) is 66.8 Å². The Balaban J connectivity index is 1.74. The van der Waals surface area contributed by atoms with Crippen molar-refractivity contribution >= 4 is 23.0 Å². The Morgan fingerprint density at radius 1 is 1.05 bits per heavy atom. The minimum atomic E-state index is -0.283. The van der Waals surface area contributed by atoms with Crippen LogP contribution in [0.2, 0.25) is 5.02 Å². The molecule has 4 rings (SSSR count). The van der Waals surface area contributed by atoms with Gasteiger partial charge in [0, 0.05) is 5.02 Å². The minimum absolute atomic E-state index is 0.0840. The van der Waals surface area contributed by atoms with E-state index in [1.165, 1.54) is 0 Å². The molecule has 1 aliphatic heterocycles. The number of rotatable bonds is 1. The molecule has 2 aliphatic rings. The number of carbonyl (C=O) groups is 1. The zero-order valence-corrected chi connectivity index (χ0v) is 12.5. The predicted molar refractivity (Wildman–Crippen MR) is 87.2 cm³/mol. The van der Waals surface area contributed by atoms with Crippen LogP contribution in [0.4, 0.5) is 0 Å². The third kappa shape index (κ3) is 2.16. The van der Waals surface area contributed by atoms with Crippen LogP contribution in [0, 0.1) is 5.92 Å². The molecule has 0 radical (unpaired) electrons.